The fraction of sp³-hybridized carbons (Fsp3) is 0. The Morgan fingerprint density at radius 2 is 2.00 bits per heavy atom. The van der Waals surface area contributed by atoms with E-state index in [1.165, 1.54) is 6.07 Å². The molecule has 2 rings (SSSR count). The van der Waals surface area contributed by atoms with Gasteiger partial charge in [0.1, 0.15) is 0 Å². The molecule has 0 spiro atoms. The molecule has 70 valence electrons. The summed E-state index contributed by atoms with van der Waals surface area (Å²) in [5, 5.41) is 2.35. The molecule has 0 saturated heterocycles. The lowest BCUT2D eigenvalue weighted by atomic mass is 10.0. The van der Waals surface area contributed by atoms with Crippen molar-refractivity contribution in [1.29, 1.82) is 0 Å². The maximum atomic E-state index is 11.3. The second-order valence-electron chi connectivity index (χ2n) is 2.88. The van der Waals surface area contributed by atoms with Crippen LogP contribution in [0.1, 0.15) is 20.7 Å². The number of fused-ring (bicyclic) bond motifs is 1. The van der Waals surface area contributed by atoms with Gasteiger partial charge >= 0.3 is 0 Å². The first-order chi connectivity index (χ1) is 6.61. The van der Waals surface area contributed by atoms with E-state index in [4.69, 9.17) is 5.73 Å². The topological polar surface area (TPSA) is 89.3 Å². The largest absolute Gasteiger partial charge is 0.366 e. The molecule has 0 bridgehead atoms. The van der Waals surface area contributed by atoms with Crippen LogP contribution in [0.15, 0.2) is 18.2 Å². The summed E-state index contributed by atoms with van der Waals surface area (Å²) in [6, 6.07) is 4.52. The first kappa shape index (κ1) is 8.43. The number of hydrogen-bond donors (Lipinski definition) is 2. The lowest BCUT2D eigenvalue weighted by Crippen LogP contribution is -2.17. The van der Waals surface area contributed by atoms with Gasteiger partial charge in [-0.25, -0.2) is 0 Å². The Morgan fingerprint density at radius 1 is 1.29 bits per heavy atom. The fourth-order valence-electron chi connectivity index (χ4n) is 1.40. The van der Waals surface area contributed by atoms with Crippen LogP contribution in [0.4, 0.5) is 5.69 Å². The van der Waals surface area contributed by atoms with E-state index < -0.39 is 17.6 Å². The highest BCUT2D eigenvalue weighted by molar-refractivity contribution is 6.52. The average Bonchev–Trinajstić information content (AvgIpc) is 2.43. The van der Waals surface area contributed by atoms with Gasteiger partial charge in [-0.3, -0.25) is 14.4 Å². The molecule has 5 nitrogen and oxygen atoms in total. The minimum atomic E-state index is -0.728. The van der Waals surface area contributed by atoms with Crippen molar-refractivity contribution in [3.05, 3.63) is 29.3 Å². The maximum Gasteiger partial charge on any atom is 0.296 e. The van der Waals surface area contributed by atoms with E-state index in [-0.39, 0.29) is 11.1 Å². The van der Waals surface area contributed by atoms with Gasteiger partial charge in [-0.15, -0.1) is 0 Å². The molecule has 1 heterocycles. The third kappa shape index (κ3) is 0.990. The van der Waals surface area contributed by atoms with Gasteiger partial charge in [-0.1, -0.05) is 6.07 Å². The summed E-state index contributed by atoms with van der Waals surface area (Å²) in [7, 11) is 0. The van der Waals surface area contributed by atoms with Gasteiger partial charge in [0.25, 0.3) is 11.7 Å². The van der Waals surface area contributed by atoms with Crippen LogP contribution in [0.3, 0.4) is 0 Å². The molecule has 5 heteroatoms. The molecule has 1 aliphatic rings. The van der Waals surface area contributed by atoms with Crippen molar-refractivity contribution < 1.29 is 14.4 Å². The van der Waals surface area contributed by atoms with Crippen LogP contribution in [-0.4, -0.2) is 17.6 Å². The molecule has 0 radical (unpaired) electrons. The van der Waals surface area contributed by atoms with Crippen molar-refractivity contribution in [2.75, 3.05) is 5.32 Å². The van der Waals surface area contributed by atoms with Crippen LogP contribution < -0.4 is 11.1 Å². The Hall–Kier alpha value is -2.17. The fourth-order valence-corrected chi connectivity index (χ4v) is 1.40. The number of hydrogen-bond acceptors (Lipinski definition) is 3. The van der Waals surface area contributed by atoms with E-state index >= 15 is 0 Å². The summed E-state index contributed by atoms with van der Waals surface area (Å²) in [4.78, 5) is 33.2. The number of nitrogens with one attached hydrogen (secondary N) is 1. The highest BCUT2D eigenvalue weighted by Gasteiger charge is 2.31. The minimum Gasteiger partial charge on any atom is -0.366 e. The number of amides is 2. The zero-order chi connectivity index (χ0) is 10.3. The molecule has 1 aromatic carbocycles. The molecule has 0 atom stereocenters. The molecule has 0 aliphatic carbocycles. The van der Waals surface area contributed by atoms with E-state index in [0.717, 1.165) is 0 Å². The average molecular weight is 190 g/mol. The van der Waals surface area contributed by atoms with Crippen molar-refractivity contribution in [2.45, 2.75) is 0 Å². The van der Waals surface area contributed by atoms with E-state index in [1.54, 1.807) is 12.1 Å². The van der Waals surface area contributed by atoms with E-state index in [1.807, 2.05) is 0 Å². The second-order valence-corrected chi connectivity index (χ2v) is 2.88. The Morgan fingerprint density at radius 3 is 2.64 bits per heavy atom. The molecular weight excluding hydrogens is 184 g/mol. The Labute approximate surface area is 78.9 Å². The summed E-state index contributed by atoms with van der Waals surface area (Å²) >= 11 is 0. The van der Waals surface area contributed by atoms with Crippen LogP contribution in [0.25, 0.3) is 0 Å². The number of nitrogens with two attached hydrogens (primary N) is 1. The van der Waals surface area contributed by atoms with Gasteiger partial charge in [-0.2, -0.15) is 0 Å². The van der Waals surface area contributed by atoms with Gasteiger partial charge in [0.2, 0.25) is 5.91 Å². The summed E-state index contributed by atoms with van der Waals surface area (Å²) in [6.45, 7) is 0. The van der Waals surface area contributed by atoms with Gasteiger partial charge in [0.15, 0.2) is 0 Å². The quantitative estimate of drug-likeness (QED) is 0.607. The molecule has 0 aromatic heterocycles. The van der Waals surface area contributed by atoms with Gasteiger partial charge in [-0.05, 0) is 12.1 Å². The predicted molar refractivity (Wildman–Crippen MR) is 47.9 cm³/mol. The Bertz CT molecular complexity index is 465. The summed E-state index contributed by atoms with van der Waals surface area (Å²) in [5.41, 5.74) is 5.56. The SMILES string of the molecule is NC(=O)c1cccc2c1C(=O)C(=O)N2. The Kier molecular flexibility index (Phi) is 1.60. The molecule has 1 aromatic rings. The van der Waals surface area contributed by atoms with Crippen LogP contribution >= 0.6 is 0 Å². The zero-order valence-corrected chi connectivity index (χ0v) is 7.03. The van der Waals surface area contributed by atoms with Crippen LogP contribution in [0.2, 0.25) is 0 Å². The highest BCUT2D eigenvalue weighted by atomic mass is 16.2. The van der Waals surface area contributed by atoms with E-state index in [9.17, 15) is 14.4 Å². The predicted octanol–water partition coefficient (Wildman–Crippen LogP) is -0.0797. The molecule has 0 fully saturated rings. The standard InChI is InChI=1S/C9H6N2O3/c10-8(13)4-2-1-3-5-6(4)7(12)9(14)11-5/h1-3H,(H2,10,13)(H,11,12,14). The van der Waals surface area contributed by atoms with Crippen molar-refractivity contribution in [1.82, 2.24) is 0 Å². The van der Waals surface area contributed by atoms with Gasteiger partial charge in [0, 0.05) is 0 Å². The monoisotopic (exact) mass is 190 g/mol. The van der Waals surface area contributed by atoms with Crippen molar-refractivity contribution >= 4 is 23.3 Å². The second kappa shape index (κ2) is 2.66. The van der Waals surface area contributed by atoms with Gasteiger partial charge in [0.05, 0.1) is 16.8 Å². The summed E-state index contributed by atoms with van der Waals surface area (Å²) < 4.78 is 0. The van der Waals surface area contributed by atoms with E-state index in [0.29, 0.717) is 5.69 Å². The number of primary amides is 1. The maximum absolute atomic E-state index is 11.3. The first-order valence-corrected chi connectivity index (χ1v) is 3.90. The van der Waals surface area contributed by atoms with E-state index in [2.05, 4.69) is 5.32 Å². The molecule has 14 heavy (non-hydrogen) atoms. The van der Waals surface area contributed by atoms with Crippen molar-refractivity contribution in [2.24, 2.45) is 5.73 Å². The smallest absolute Gasteiger partial charge is 0.296 e. The van der Waals surface area contributed by atoms with Gasteiger partial charge < -0.3 is 11.1 Å². The number of Topliss-reactive ketones (excluding diaryl/α,β-unsaturated/α-hetero) is 1. The molecule has 0 unspecified atom stereocenters. The first-order valence-electron chi connectivity index (χ1n) is 3.90. The number of carbonyl (C=O) groups excluding carboxylic acids is 3. The van der Waals surface area contributed by atoms with Crippen LogP contribution in [0, 0.1) is 0 Å². The number of rotatable bonds is 1. The summed E-state index contributed by atoms with van der Waals surface area (Å²) in [6.07, 6.45) is 0. The molecular formula is C9H6N2O3. The lowest BCUT2D eigenvalue weighted by molar-refractivity contribution is -0.112. The third-order valence-corrected chi connectivity index (χ3v) is 2.01. The number of anilines is 1. The normalized spacial score (nSPS) is 13.7. The van der Waals surface area contributed by atoms with Crippen molar-refractivity contribution in [3.63, 3.8) is 0 Å². The van der Waals surface area contributed by atoms with Crippen LogP contribution in [-0.2, 0) is 4.79 Å². The number of carbonyl (C=O) groups is 3. The van der Waals surface area contributed by atoms with Crippen molar-refractivity contribution in [3.8, 4) is 0 Å². The molecule has 3 N–H and O–H groups in total. The number of benzene rings is 1. The molecule has 2 amide bonds. The molecule has 1 aliphatic heterocycles. The molecule has 0 saturated carbocycles. The highest BCUT2D eigenvalue weighted by Crippen LogP contribution is 2.25. The summed E-state index contributed by atoms with van der Waals surface area (Å²) in [5.74, 6) is -2.16. The van der Waals surface area contributed by atoms with Crippen LogP contribution in [0.5, 0.6) is 0 Å². The Balaban J connectivity index is 2.70. The minimum absolute atomic E-state index is 0.0741. The third-order valence-electron chi connectivity index (χ3n) is 2.01. The number of ketones is 1. The lowest BCUT2D eigenvalue weighted by Gasteiger charge is -2.00. The zero-order valence-electron chi connectivity index (χ0n) is 7.03.